The molecule has 1 aliphatic heterocycles. The zero-order valence-electron chi connectivity index (χ0n) is 10.9. The van der Waals surface area contributed by atoms with Gasteiger partial charge in [0.05, 0.1) is 13.2 Å². The van der Waals surface area contributed by atoms with E-state index in [1.54, 1.807) is 0 Å². The van der Waals surface area contributed by atoms with Crippen LogP contribution in [0.1, 0.15) is 6.42 Å². The molecule has 6 heteroatoms. The summed E-state index contributed by atoms with van der Waals surface area (Å²) >= 11 is 0. The Balaban J connectivity index is 2.18. The van der Waals surface area contributed by atoms with Gasteiger partial charge in [-0.05, 0) is 0 Å². The van der Waals surface area contributed by atoms with Crippen molar-refractivity contribution in [3.8, 4) is 0 Å². The minimum Gasteiger partial charge on any atom is -0.498 e. The van der Waals surface area contributed by atoms with Crippen molar-refractivity contribution in [2.45, 2.75) is 6.42 Å². The summed E-state index contributed by atoms with van der Waals surface area (Å²) in [6, 6.07) is 0. The summed E-state index contributed by atoms with van der Waals surface area (Å²) in [7, 11) is 0. The molecular formula is C13H20O6. The predicted molar refractivity (Wildman–Crippen MR) is 67.7 cm³/mol. The molecule has 1 heterocycles. The summed E-state index contributed by atoms with van der Waals surface area (Å²) in [6.07, 6.45) is 9.72. The van der Waals surface area contributed by atoms with Crippen LogP contribution in [0, 0.1) is 0 Å². The Labute approximate surface area is 113 Å². The van der Waals surface area contributed by atoms with Crippen LogP contribution in [-0.2, 0) is 28.4 Å². The van der Waals surface area contributed by atoms with Gasteiger partial charge in [0, 0.05) is 6.42 Å². The average Bonchev–Trinajstić information content (AvgIpc) is 2.43. The summed E-state index contributed by atoms with van der Waals surface area (Å²) in [5.74, 6) is 0. The van der Waals surface area contributed by atoms with E-state index in [-0.39, 0.29) is 0 Å². The molecule has 0 saturated carbocycles. The zero-order valence-corrected chi connectivity index (χ0v) is 10.9. The van der Waals surface area contributed by atoms with Gasteiger partial charge in [0.15, 0.2) is 0 Å². The van der Waals surface area contributed by atoms with Crippen LogP contribution < -0.4 is 0 Å². The molecule has 108 valence electrons. The topological polar surface area (TPSA) is 55.4 Å². The molecule has 0 aromatic rings. The second kappa shape index (κ2) is 12.5. The summed E-state index contributed by atoms with van der Waals surface area (Å²) in [5.41, 5.74) is 0. The van der Waals surface area contributed by atoms with Crippen molar-refractivity contribution in [3.63, 3.8) is 0 Å². The zero-order chi connectivity index (χ0) is 13.4. The Bertz CT molecular complexity index is 248. The number of hydrogen-bond acceptors (Lipinski definition) is 6. The van der Waals surface area contributed by atoms with E-state index in [0.29, 0.717) is 39.6 Å². The predicted octanol–water partition coefficient (Wildman–Crippen LogP) is 1.90. The highest BCUT2D eigenvalue weighted by Gasteiger charge is 1.88. The van der Waals surface area contributed by atoms with E-state index >= 15 is 0 Å². The number of ether oxygens (including phenoxy) is 6. The molecule has 0 bridgehead atoms. The molecule has 19 heavy (non-hydrogen) atoms. The summed E-state index contributed by atoms with van der Waals surface area (Å²) in [5, 5.41) is 0. The monoisotopic (exact) mass is 272 g/mol. The molecule has 0 aliphatic carbocycles. The van der Waals surface area contributed by atoms with Gasteiger partial charge in [0.1, 0.15) is 64.0 Å². The van der Waals surface area contributed by atoms with Crippen LogP contribution in [0.25, 0.3) is 0 Å². The second-order valence-corrected chi connectivity index (χ2v) is 3.39. The van der Waals surface area contributed by atoms with Crippen molar-refractivity contribution < 1.29 is 28.4 Å². The molecule has 0 spiro atoms. The Morgan fingerprint density at radius 1 is 0.368 bits per heavy atom. The van der Waals surface area contributed by atoms with E-state index in [4.69, 9.17) is 28.4 Å². The summed E-state index contributed by atoms with van der Waals surface area (Å²) in [4.78, 5) is 0. The molecule has 0 radical (unpaired) electrons. The van der Waals surface area contributed by atoms with Gasteiger partial charge < -0.3 is 28.4 Å². The first kappa shape index (κ1) is 15.1. The lowest BCUT2D eigenvalue weighted by molar-refractivity contribution is 0.123. The Kier molecular flexibility index (Phi) is 9.90. The molecular weight excluding hydrogens is 252 g/mol. The van der Waals surface area contributed by atoms with Gasteiger partial charge in [-0.3, -0.25) is 0 Å². The minimum atomic E-state index is 0.442. The second-order valence-electron chi connectivity index (χ2n) is 3.39. The lowest BCUT2D eigenvalue weighted by atomic mass is 10.5. The third-order valence-corrected chi connectivity index (χ3v) is 1.91. The highest BCUT2D eigenvalue weighted by Crippen LogP contribution is 1.90. The standard InChI is InChI=1S/C13H20O6/c1-2-14-4-6-16-8-10-18-12-13-19-11-9-17-7-5-15-3-1/h4-7,12-13H,1-3,8-11H2. The molecule has 0 amide bonds. The third-order valence-electron chi connectivity index (χ3n) is 1.91. The molecule has 1 rings (SSSR count). The van der Waals surface area contributed by atoms with Gasteiger partial charge in [-0.25, -0.2) is 0 Å². The Hall–Kier alpha value is -1.98. The Morgan fingerprint density at radius 3 is 0.947 bits per heavy atom. The van der Waals surface area contributed by atoms with Crippen LogP contribution in [-0.4, -0.2) is 39.6 Å². The van der Waals surface area contributed by atoms with Gasteiger partial charge in [-0.2, -0.15) is 0 Å². The van der Waals surface area contributed by atoms with E-state index < -0.39 is 0 Å². The highest BCUT2D eigenvalue weighted by atomic mass is 16.5. The summed E-state index contributed by atoms with van der Waals surface area (Å²) < 4.78 is 30.9. The first-order chi connectivity index (χ1) is 9.50. The van der Waals surface area contributed by atoms with Gasteiger partial charge >= 0.3 is 0 Å². The molecule has 0 saturated heterocycles. The van der Waals surface area contributed by atoms with Crippen LogP contribution in [0.3, 0.4) is 0 Å². The van der Waals surface area contributed by atoms with Gasteiger partial charge in [-0.15, -0.1) is 0 Å². The van der Waals surface area contributed by atoms with Crippen molar-refractivity contribution in [1.82, 2.24) is 0 Å². The van der Waals surface area contributed by atoms with Crippen molar-refractivity contribution >= 4 is 0 Å². The van der Waals surface area contributed by atoms with E-state index in [0.717, 1.165) is 6.42 Å². The van der Waals surface area contributed by atoms with Crippen LogP contribution in [0.5, 0.6) is 0 Å². The van der Waals surface area contributed by atoms with Crippen LogP contribution in [0.15, 0.2) is 37.6 Å². The first-order valence-electron chi connectivity index (χ1n) is 6.15. The maximum Gasteiger partial charge on any atom is 0.121 e. The van der Waals surface area contributed by atoms with Gasteiger partial charge in [-0.1, -0.05) is 0 Å². The fraction of sp³-hybridized carbons (Fsp3) is 0.538. The van der Waals surface area contributed by atoms with Crippen LogP contribution >= 0.6 is 0 Å². The molecule has 0 N–H and O–H groups in total. The van der Waals surface area contributed by atoms with Crippen LogP contribution in [0.4, 0.5) is 0 Å². The lowest BCUT2D eigenvalue weighted by Gasteiger charge is -2.02. The lowest BCUT2D eigenvalue weighted by Crippen LogP contribution is -1.98. The Morgan fingerprint density at radius 2 is 0.632 bits per heavy atom. The number of rotatable bonds is 0. The maximum absolute atomic E-state index is 5.18. The van der Waals surface area contributed by atoms with E-state index in [2.05, 4.69) is 0 Å². The molecule has 0 aromatic heterocycles. The fourth-order valence-electron chi connectivity index (χ4n) is 1.06. The van der Waals surface area contributed by atoms with Crippen molar-refractivity contribution in [2.24, 2.45) is 0 Å². The SMILES string of the molecule is C1=COCCOC=COCCOC=COCCCO1. The van der Waals surface area contributed by atoms with Crippen LogP contribution in [0.2, 0.25) is 0 Å². The van der Waals surface area contributed by atoms with E-state index in [1.807, 2.05) is 0 Å². The van der Waals surface area contributed by atoms with E-state index in [1.165, 1.54) is 37.6 Å². The quantitative estimate of drug-likeness (QED) is 0.671. The average molecular weight is 272 g/mol. The molecule has 0 aromatic carbocycles. The smallest absolute Gasteiger partial charge is 0.121 e. The highest BCUT2D eigenvalue weighted by molar-refractivity contribution is 4.64. The fourth-order valence-corrected chi connectivity index (χ4v) is 1.06. The molecule has 6 nitrogen and oxygen atoms in total. The molecule has 0 unspecified atom stereocenters. The summed E-state index contributed by atoms with van der Waals surface area (Å²) in [6.45, 7) is 2.92. The number of hydrogen-bond donors (Lipinski definition) is 0. The molecule has 1 aliphatic rings. The van der Waals surface area contributed by atoms with E-state index in [9.17, 15) is 0 Å². The minimum absolute atomic E-state index is 0.442. The molecule has 0 fully saturated rings. The molecule has 0 atom stereocenters. The third kappa shape index (κ3) is 10.9. The van der Waals surface area contributed by atoms with Crippen molar-refractivity contribution in [2.75, 3.05) is 39.6 Å². The van der Waals surface area contributed by atoms with Crippen molar-refractivity contribution in [3.05, 3.63) is 37.6 Å². The van der Waals surface area contributed by atoms with Crippen molar-refractivity contribution in [1.29, 1.82) is 0 Å². The first-order valence-corrected chi connectivity index (χ1v) is 6.15. The van der Waals surface area contributed by atoms with Gasteiger partial charge in [0.25, 0.3) is 0 Å². The maximum atomic E-state index is 5.18. The largest absolute Gasteiger partial charge is 0.498 e. The van der Waals surface area contributed by atoms with Gasteiger partial charge in [0.2, 0.25) is 0 Å². The normalized spacial score (nSPS) is 18.9.